The number of benzene rings is 1. The molecule has 1 aliphatic heterocycles. The molecule has 2 unspecified atom stereocenters. The monoisotopic (exact) mass is 262 g/mol. The average Bonchev–Trinajstić information content (AvgIpc) is 2.72. The molecule has 0 spiro atoms. The van der Waals surface area contributed by atoms with Crippen molar-refractivity contribution in [3.8, 4) is 5.75 Å². The Hall–Kier alpha value is -1.71. The molecule has 0 bridgehead atoms. The zero-order valence-corrected chi connectivity index (χ0v) is 11.6. The molecule has 104 valence electrons. The van der Waals surface area contributed by atoms with Crippen LogP contribution in [0.25, 0.3) is 0 Å². The minimum absolute atomic E-state index is 0.172. The van der Waals surface area contributed by atoms with Crippen LogP contribution in [0.5, 0.6) is 5.75 Å². The van der Waals surface area contributed by atoms with Gasteiger partial charge in [-0.3, -0.25) is 4.79 Å². The lowest BCUT2D eigenvalue weighted by molar-refractivity contribution is -0.130. The number of carbonyl (C=O) groups is 1. The van der Waals surface area contributed by atoms with Gasteiger partial charge in [-0.15, -0.1) is 0 Å². The number of nitrogen functional groups attached to an aromatic ring is 1. The van der Waals surface area contributed by atoms with Gasteiger partial charge in [0.1, 0.15) is 5.75 Å². The SMILES string of the molecule is CC1CN(C(=O)CCOc2ccccc2N)CC1C. The fourth-order valence-corrected chi connectivity index (χ4v) is 2.35. The summed E-state index contributed by atoms with van der Waals surface area (Å²) in [5, 5.41) is 0. The van der Waals surface area contributed by atoms with E-state index in [1.165, 1.54) is 0 Å². The van der Waals surface area contributed by atoms with E-state index < -0.39 is 0 Å². The van der Waals surface area contributed by atoms with Crippen LogP contribution in [0.15, 0.2) is 24.3 Å². The number of ether oxygens (including phenoxy) is 1. The van der Waals surface area contributed by atoms with E-state index in [1.54, 1.807) is 6.07 Å². The first-order valence-corrected chi connectivity index (χ1v) is 6.83. The molecule has 4 heteroatoms. The fraction of sp³-hybridized carbons (Fsp3) is 0.533. The van der Waals surface area contributed by atoms with Gasteiger partial charge < -0.3 is 15.4 Å². The van der Waals surface area contributed by atoms with Crippen LogP contribution < -0.4 is 10.5 Å². The molecular formula is C15H22N2O2. The molecule has 1 saturated heterocycles. The highest BCUT2D eigenvalue weighted by atomic mass is 16.5. The number of para-hydroxylation sites is 2. The Labute approximate surface area is 114 Å². The summed E-state index contributed by atoms with van der Waals surface area (Å²) in [6.07, 6.45) is 0.410. The number of hydrogen-bond acceptors (Lipinski definition) is 3. The number of rotatable bonds is 4. The van der Waals surface area contributed by atoms with E-state index in [2.05, 4.69) is 13.8 Å². The van der Waals surface area contributed by atoms with Crippen molar-refractivity contribution in [2.45, 2.75) is 20.3 Å². The first kappa shape index (κ1) is 13.7. The summed E-state index contributed by atoms with van der Waals surface area (Å²) in [4.78, 5) is 14.0. The Morgan fingerprint density at radius 3 is 2.58 bits per heavy atom. The lowest BCUT2D eigenvalue weighted by Crippen LogP contribution is -2.30. The molecule has 4 nitrogen and oxygen atoms in total. The van der Waals surface area contributed by atoms with Crippen molar-refractivity contribution < 1.29 is 9.53 Å². The quantitative estimate of drug-likeness (QED) is 0.846. The third kappa shape index (κ3) is 3.40. The van der Waals surface area contributed by atoms with Gasteiger partial charge in [-0.2, -0.15) is 0 Å². The van der Waals surface area contributed by atoms with Gasteiger partial charge in [-0.1, -0.05) is 26.0 Å². The van der Waals surface area contributed by atoms with E-state index in [9.17, 15) is 4.79 Å². The summed E-state index contributed by atoms with van der Waals surface area (Å²) < 4.78 is 5.55. The van der Waals surface area contributed by atoms with Gasteiger partial charge in [-0.05, 0) is 24.0 Å². The summed E-state index contributed by atoms with van der Waals surface area (Å²) >= 11 is 0. The maximum Gasteiger partial charge on any atom is 0.226 e. The highest BCUT2D eigenvalue weighted by Crippen LogP contribution is 2.23. The molecule has 0 aromatic heterocycles. The zero-order chi connectivity index (χ0) is 13.8. The molecule has 0 saturated carbocycles. The van der Waals surface area contributed by atoms with Gasteiger partial charge in [0.05, 0.1) is 18.7 Å². The summed E-state index contributed by atoms with van der Waals surface area (Å²) in [6.45, 7) is 6.51. The van der Waals surface area contributed by atoms with Crippen molar-refractivity contribution in [2.75, 3.05) is 25.4 Å². The first-order valence-electron chi connectivity index (χ1n) is 6.83. The second-order valence-electron chi connectivity index (χ2n) is 5.39. The van der Waals surface area contributed by atoms with Crippen molar-refractivity contribution in [1.29, 1.82) is 0 Å². The van der Waals surface area contributed by atoms with E-state index in [1.807, 2.05) is 23.1 Å². The zero-order valence-electron chi connectivity index (χ0n) is 11.6. The smallest absolute Gasteiger partial charge is 0.226 e. The molecule has 19 heavy (non-hydrogen) atoms. The van der Waals surface area contributed by atoms with Crippen LogP contribution in [0.4, 0.5) is 5.69 Å². The van der Waals surface area contributed by atoms with Crippen LogP contribution in [0.2, 0.25) is 0 Å². The van der Waals surface area contributed by atoms with Crippen LogP contribution in [0, 0.1) is 11.8 Å². The van der Waals surface area contributed by atoms with E-state index in [0.29, 0.717) is 36.3 Å². The van der Waals surface area contributed by atoms with Crippen LogP contribution in [-0.4, -0.2) is 30.5 Å². The summed E-state index contributed by atoms with van der Waals surface area (Å²) in [6, 6.07) is 7.35. The predicted molar refractivity (Wildman–Crippen MR) is 75.9 cm³/mol. The number of amides is 1. The van der Waals surface area contributed by atoms with Gasteiger partial charge in [0, 0.05) is 13.1 Å². The summed E-state index contributed by atoms with van der Waals surface area (Å²) in [7, 11) is 0. The lowest BCUT2D eigenvalue weighted by atomic mass is 10.0. The highest BCUT2D eigenvalue weighted by molar-refractivity contribution is 5.76. The molecule has 2 rings (SSSR count). The van der Waals surface area contributed by atoms with E-state index in [4.69, 9.17) is 10.5 Å². The molecule has 1 aromatic carbocycles. The van der Waals surface area contributed by atoms with Crippen molar-refractivity contribution in [3.63, 3.8) is 0 Å². The largest absolute Gasteiger partial charge is 0.491 e. The van der Waals surface area contributed by atoms with Gasteiger partial charge in [-0.25, -0.2) is 0 Å². The summed E-state index contributed by atoms with van der Waals surface area (Å²) in [5.74, 6) is 2.01. The Morgan fingerprint density at radius 1 is 1.32 bits per heavy atom. The molecule has 1 heterocycles. The summed E-state index contributed by atoms with van der Waals surface area (Å²) in [5.41, 5.74) is 6.39. The van der Waals surface area contributed by atoms with Crippen molar-refractivity contribution in [1.82, 2.24) is 4.90 Å². The second kappa shape index (κ2) is 5.95. The minimum atomic E-state index is 0.172. The molecular weight excluding hydrogens is 240 g/mol. The average molecular weight is 262 g/mol. The van der Waals surface area contributed by atoms with E-state index in [0.717, 1.165) is 13.1 Å². The number of hydrogen-bond donors (Lipinski definition) is 1. The molecule has 0 radical (unpaired) electrons. The second-order valence-corrected chi connectivity index (χ2v) is 5.39. The number of nitrogens with two attached hydrogens (primary N) is 1. The Kier molecular flexibility index (Phi) is 4.30. The highest BCUT2D eigenvalue weighted by Gasteiger charge is 2.28. The normalized spacial score (nSPS) is 22.5. The first-order chi connectivity index (χ1) is 9.08. The molecule has 2 N–H and O–H groups in total. The van der Waals surface area contributed by atoms with Crippen molar-refractivity contribution in [3.05, 3.63) is 24.3 Å². The topological polar surface area (TPSA) is 55.6 Å². The molecule has 1 fully saturated rings. The Bertz CT molecular complexity index is 438. The van der Waals surface area contributed by atoms with Crippen LogP contribution in [0.1, 0.15) is 20.3 Å². The van der Waals surface area contributed by atoms with Crippen LogP contribution >= 0.6 is 0 Å². The maximum absolute atomic E-state index is 12.0. The molecule has 1 aliphatic rings. The van der Waals surface area contributed by atoms with Crippen LogP contribution in [0.3, 0.4) is 0 Å². The third-order valence-electron chi connectivity index (χ3n) is 3.83. The van der Waals surface area contributed by atoms with Gasteiger partial charge >= 0.3 is 0 Å². The molecule has 2 atom stereocenters. The van der Waals surface area contributed by atoms with Crippen LogP contribution in [-0.2, 0) is 4.79 Å². The number of nitrogens with zero attached hydrogens (tertiary/aromatic N) is 1. The standard InChI is InChI=1S/C15H22N2O2/c1-11-9-17(10-12(11)2)15(18)7-8-19-14-6-4-3-5-13(14)16/h3-6,11-12H,7-10,16H2,1-2H3. The molecule has 1 aromatic rings. The van der Waals surface area contributed by atoms with E-state index in [-0.39, 0.29) is 5.91 Å². The molecule has 1 amide bonds. The number of carbonyl (C=O) groups excluding carboxylic acids is 1. The van der Waals surface area contributed by atoms with Crippen molar-refractivity contribution in [2.24, 2.45) is 11.8 Å². The predicted octanol–water partition coefficient (Wildman–Crippen LogP) is 2.15. The lowest BCUT2D eigenvalue weighted by Gasteiger charge is -2.16. The van der Waals surface area contributed by atoms with Crippen molar-refractivity contribution >= 4 is 11.6 Å². The minimum Gasteiger partial charge on any atom is -0.491 e. The van der Waals surface area contributed by atoms with E-state index >= 15 is 0 Å². The third-order valence-corrected chi connectivity index (χ3v) is 3.83. The van der Waals surface area contributed by atoms with Gasteiger partial charge in [0.2, 0.25) is 5.91 Å². The maximum atomic E-state index is 12.0. The molecule has 0 aliphatic carbocycles. The number of anilines is 1. The van der Waals surface area contributed by atoms with Gasteiger partial charge in [0.15, 0.2) is 0 Å². The fourth-order valence-electron chi connectivity index (χ4n) is 2.35. The number of likely N-dealkylation sites (tertiary alicyclic amines) is 1. The Morgan fingerprint density at radius 2 is 1.95 bits per heavy atom. The Balaban J connectivity index is 1.77. The van der Waals surface area contributed by atoms with Gasteiger partial charge in [0.25, 0.3) is 0 Å².